The zero-order chi connectivity index (χ0) is 10.5. The quantitative estimate of drug-likeness (QED) is 0.792. The molecule has 0 saturated heterocycles. The minimum absolute atomic E-state index is 0.0963. The van der Waals surface area contributed by atoms with Gasteiger partial charge in [0.2, 0.25) is 5.91 Å². The molecule has 2 aromatic rings. The zero-order valence-electron chi connectivity index (χ0n) is 8.00. The van der Waals surface area contributed by atoms with Gasteiger partial charge in [0.15, 0.2) is 0 Å². The van der Waals surface area contributed by atoms with Crippen LogP contribution in [0.2, 0.25) is 0 Å². The first-order valence-corrected chi connectivity index (χ1v) is 4.53. The molecule has 15 heavy (non-hydrogen) atoms. The number of amides is 1. The Morgan fingerprint density at radius 3 is 2.53 bits per heavy atom. The lowest BCUT2D eigenvalue weighted by Gasteiger charge is -2.03. The summed E-state index contributed by atoms with van der Waals surface area (Å²) < 4.78 is 1.42. The van der Waals surface area contributed by atoms with Gasteiger partial charge in [-0.05, 0) is 5.56 Å². The van der Waals surface area contributed by atoms with E-state index < -0.39 is 0 Å². The Morgan fingerprint density at radius 1 is 1.20 bits per heavy atom. The summed E-state index contributed by atoms with van der Waals surface area (Å²) in [4.78, 5) is 11.5. The van der Waals surface area contributed by atoms with E-state index in [1.807, 2.05) is 30.3 Å². The molecule has 1 N–H and O–H groups in total. The van der Waals surface area contributed by atoms with Crippen LogP contribution in [0.1, 0.15) is 5.56 Å². The van der Waals surface area contributed by atoms with Gasteiger partial charge in [0.1, 0.15) is 12.7 Å². The van der Waals surface area contributed by atoms with Crippen LogP contribution in [0, 0.1) is 0 Å². The van der Waals surface area contributed by atoms with E-state index in [4.69, 9.17) is 0 Å². The van der Waals surface area contributed by atoms with Crippen molar-refractivity contribution >= 4 is 5.91 Å². The molecule has 0 aliphatic carbocycles. The summed E-state index contributed by atoms with van der Waals surface area (Å²) in [5.74, 6) is -0.0963. The second kappa shape index (κ2) is 4.36. The number of aromatic nitrogens is 3. The van der Waals surface area contributed by atoms with Crippen LogP contribution in [0.15, 0.2) is 43.0 Å². The maximum absolute atomic E-state index is 11.5. The first kappa shape index (κ1) is 9.39. The van der Waals surface area contributed by atoms with Gasteiger partial charge >= 0.3 is 0 Å². The minimum atomic E-state index is -0.0963. The van der Waals surface area contributed by atoms with Gasteiger partial charge < -0.3 is 0 Å². The smallest absolute Gasteiger partial charge is 0.243 e. The Kier molecular flexibility index (Phi) is 2.73. The number of nitrogens with one attached hydrogen (secondary N) is 1. The third kappa shape index (κ3) is 2.63. The summed E-state index contributed by atoms with van der Waals surface area (Å²) in [6.45, 7) is 0. The van der Waals surface area contributed by atoms with Gasteiger partial charge in [-0.2, -0.15) is 0 Å². The van der Waals surface area contributed by atoms with E-state index in [-0.39, 0.29) is 5.91 Å². The SMILES string of the molecule is O=C(Cc1ccccc1)Nn1cnnc1. The molecule has 2 rings (SSSR count). The van der Waals surface area contributed by atoms with Crippen molar-refractivity contribution in [3.05, 3.63) is 48.5 Å². The van der Waals surface area contributed by atoms with Gasteiger partial charge in [-0.1, -0.05) is 30.3 Å². The molecule has 0 radical (unpaired) electrons. The monoisotopic (exact) mass is 202 g/mol. The Labute approximate surface area is 86.7 Å². The highest BCUT2D eigenvalue weighted by atomic mass is 16.2. The van der Waals surface area contributed by atoms with Crippen LogP contribution in [0.25, 0.3) is 0 Å². The lowest BCUT2D eigenvalue weighted by atomic mass is 10.1. The molecule has 0 saturated carbocycles. The fourth-order valence-corrected chi connectivity index (χ4v) is 1.22. The van der Waals surface area contributed by atoms with Crippen LogP contribution in [-0.2, 0) is 11.2 Å². The molecule has 1 aromatic carbocycles. The van der Waals surface area contributed by atoms with Crippen LogP contribution in [-0.4, -0.2) is 20.8 Å². The molecule has 1 aromatic heterocycles. The minimum Gasteiger partial charge on any atom is -0.273 e. The van der Waals surface area contributed by atoms with E-state index in [0.717, 1.165) is 5.56 Å². The average molecular weight is 202 g/mol. The Morgan fingerprint density at radius 2 is 1.87 bits per heavy atom. The first-order chi connectivity index (χ1) is 7.34. The van der Waals surface area contributed by atoms with Crippen molar-refractivity contribution < 1.29 is 4.79 Å². The molecule has 0 bridgehead atoms. The molecule has 0 unspecified atom stereocenters. The van der Waals surface area contributed by atoms with E-state index >= 15 is 0 Å². The fraction of sp³-hybridized carbons (Fsp3) is 0.100. The second-order valence-corrected chi connectivity index (χ2v) is 3.07. The predicted octanol–water partition coefficient (Wildman–Crippen LogP) is 0.591. The number of rotatable bonds is 3. The van der Waals surface area contributed by atoms with Gasteiger partial charge in [-0.15, -0.1) is 10.2 Å². The maximum atomic E-state index is 11.5. The van der Waals surface area contributed by atoms with E-state index in [1.54, 1.807) is 0 Å². The average Bonchev–Trinajstić information content (AvgIpc) is 2.71. The third-order valence-electron chi connectivity index (χ3n) is 1.88. The van der Waals surface area contributed by atoms with E-state index in [0.29, 0.717) is 6.42 Å². The number of benzene rings is 1. The largest absolute Gasteiger partial charge is 0.273 e. The molecule has 0 aliphatic rings. The summed E-state index contributed by atoms with van der Waals surface area (Å²) in [7, 11) is 0. The molecule has 0 atom stereocenters. The molecule has 5 nitrogen and oxygen atoms in total. The molecular formula is C10H10N4O. The molecule has 0 aliphatic heterocycles. The molecule has 1 amide bonds. The summed E-state index contributed by atoms with van der Waals surface area (Å²) >= 11 is 0. The summed E-state index contributed by atoms with van der Waals surface area (Å²) in [6.07, 6.45) is 3.21. The van der Waals surface area contributed by atoms with E-state index in [9.17, 15) is 4.79 Å². The van der Waals surface area contributed by atoms with Crippen molar-refractivity contribution in [3.8, 4) is 0 Å². The van der Waals surface area contributed by atoms with Crippen LogP contribution in [0.5, 0.6) is 0 Å². The van der Waals surface area contributed by atoms with Crippen LogP contribution < -0.4 is 5.43 Å². The number of nitrogens with zero attached hydrogens (tertiary/aromatic N) is 3. The van der Waals surface area contributed by atoms with Crippen molar-refractivity contribution in [2.75, 3.05) is 5.43 Å². The number of hydrogen-bond acceptors (Lipinski definition) is 3. The predicted molar refractivity (Wildman–Crippen MR) is 54.5 cm³/mol. The summed E-state index contributed by atoms with van der Waals surface area (Å²) in [5.41, 5.74) is 3.60. The van der Waals surface area contributed by atoms with Crippen LogP contribution >= 0.6 is 0 Å². The lowest BCUT2D eigenvalue weighted by Crippen LogP contribution is -2.23. The van der Waals surface area contributed by atoms with Gasteiger partial charge in [0, 0.05) is 0 Å². The topological polar surface area (TPSA) is 59.8 Å². The van der Waals surface area contributed by atoms with Crippen molar-refractivity contribution in [1.82, 2.24) is 14.9 Å². The van der Waals surface area contributed by atoms with Crippen molar-refractivity contribution in [3.63, 3.8) is 0 Å². The van der Waals surface area contributed by atoms with Crippen LogP contribution in [0.3, 0.4) is 0 Å². The van der Waals surface area contributed by atoms with Gasteiger partial charge in [-0.25, -0.2) is 4.68 Å². The van der Waals surface area contributed by atoms with E-state index in [2.05, 4.69) is 15.6 Å². The highest BCUT2D eigenvalue weighted by Crippen LogP contribution is 1.99. The molecular weight excluding hydrogens is 192 g/mol. The van der Waals surface area contributed by atoms with Crippen molar-refractivity contribution in [1.29, 1.82) is 0 Å². The Bertz CT molecular complexity index is 424. The molecule has 1 heterocycles. The fourth-order valence-electron chi connectivity index (χ4n) is 1.22. The number of hydrogen-bond donors (Lipinski definition) is 1. The lowest BCUT2D eigenvalue weighted by molar-refractivity contribution is -0.116. The molecule has 0 spiro atoms. The second-order valence-electron chi connectivity index (χ2n) is 3.07. The Hall–Kier alpha value is -2.17. The maximum Gasteiger partial charge on any atom is 0.243 e. The van der Waals surface area contributed by atoms with Gasteiger partial charge in [0.25, 0.3) is 0 Å². The zero-order valence-corrected chi connectivity index (χ0v) is 8.00. The molecule has 0 fully saturated rings. The normalized spacial score (nSPS) is 9.87. The highest BCUT2D eigenvalue weighted by molar-refractivity contribution is 5.85. The molecule has 5 heteroatoms. The van der Waals surface area contributed by atoms with E-state index in [1.165, 1.54) is 17.3 Å². The highest BCUT2D eigenvalue weighted by Gasteiger charge is 2.02. The summed E-state index contributed by atoms with van der Waals surface area (Å²) in [5, 5.41) is 7.16. The standard InChI is InChI=1S/C10H10N4O/c15-10(13-14-7-11-12-8-14)6-9-4-2-1-3-5-9/h1-5,7-8H,6H2,(H,13,15). The van der Waals surface area contributed by atoms with Gasteiger partial charge in [-0.3, -0.25) is 10.2 Å². The first-order valence-electron chi connectivity index (χ1n) is 4.53. The molecule has 76 valence electrons. The number of carbonyl (C=O) groups excluding carboxylic acids is 1. The Balaban J connectivity index is 1.94. The van der Waals surface area contributed by atoms with Crippen molar-refractivity contribution in [2.45, 2.75) is 6.42 Å². The summed E-state index contributed by atoms with van der Waals surface area (Å²) in [6, 6.07) is 9.54. The number of carbonyl (C=O) groups is 1. The van der Waals surface area contributed by atoms with Gasteiger partial charge in [0.05, 0.1) is 6.42 Å². The van der Waals surface area contributed by atoms with Crippen LogP contribution in [0.4, 0.5) is 0 Å². The third-order valence-corrected chi connectivity index (χ3v) is 1.88. The van der Waals surface area contributed by atoms with Crippen molar-refractivity contribution in [2.24, 2.45) is 0 Å².